The van der Waals surface area contributed by atoms with Crippen LogP contribution in [0.15, 0.2) is 24.3 Å². The van der Waals surface area contributed by atoms with Crippen LogP contribution in [0.5, 0.6) is 0 Å². The molecule has 2 heterocycles. The Kier molecular flexibility index (Phi) is 5.22. The van der Waals surface area contributed by atoms with Gasteiger partial charge in [-0.05, 0) is 57.2 Å². The highest BCUT2D eigenvalue weighted by Gasteiger charge is 2.52. The van der Waals surface area contributed by atoms with E-state index in [1.54, 1.807) is 11.8 Å². The summed E-state index contributed by atoms with van der Waals surface area (Å²) in [7, 11) is 0. The minimum atomic E-state index is -1.26. The Labute approximate surface area is 158 Å². The molecule has 0 spiro atoms. The smallest absolute Gasteiger partial charge is 0.325 e. The number of nitrogens with one attached hydrogen (secondary N) is 1. The molecule has 27 heavy (non-hydrogen) atoms. The third kappa shape index (κ3) is 3.31. The molecule has 0 bridgehead atoms. The van der Waals surface area contributed by atoms with Gasteiger partial charge < -0.3 is 10.2 Å². The Morgan fingerprint density at radius 3 is 2.33 bits per heavy atom. The first kappa shape index (κ1) is 19.3. The van der Waals surface area contributed by atoms with E-state index < -0.39 is 23.3 Å². The van der Waals surface area contributed by atoms with E-state index in [0.717, 1.165) is 24.2 Å². The minimum absolute atomic E-state index is 0.0926. The van der Waals surface area contributed by atoms with Gasteiger partial charge >= 0.3 is 6.03 Å². The first-order chi connectivity index (χ1) is 12.8. The monoisotopic (exact) mass is 375 g/mol. The summed E-state index contributed by atoms with van der Waals surface area (Å²) in [5.41, 5.74) is -0.746. The highest BCUT2D eigenvalue weighted by atomic mass is 19.1. The number of urea groups is 1. The molecule has 2 aliphatic heterocycles. The fraction of sp³-hybridized carbons (Fsp3) is 0.550. The van der Waals surface area contributed by atoms with Crippen molar-refractivity contribution in [1.29, 1.82) is 0 Å². The first-order valence-corrected chi connectivity index (χ1v) is 9.51. The van der Waals surface area contributed by atoms with Crippen molar-refractivity contribution in [2.24, 2.45) is 0 Å². The lowest BCUT2D eigenvalue weighted by molar-refractivity contribution is -0.143. The van der Waals surface area contributed by atoms with Crippen LogP contribution in [0.4, 0.5) is 9.18 Å². The van der Waals surface area contributed by atoms with Crippen molar-refractivity contribution in [2.75, 3.05) is 6.54 Å². The molecular weight excluding hydrogens is 349 g/mol. The number of likely N-dealkylation sites (tertiary alicyclic amines) is 1. The lowest BCUT2D eigenvalue weighted by Crippen LogP contribution is -2.52. The zero-order chi connectivity index (χ0) is 19.8. The lowest BCUT2D eigenvalue weighted by Gasteiger charge is -2.39. The molecular formula is C20H26FN3O3. The fourth-order valence-electron chi connectivity index (χ4n) is 4.27. The second kappa shape index (κ2) is 7.29. The Balaban J connectivity index is 1.83. The van der Waals surface area contributed by atoms with E-state index in [2.05, 4.69) is 5.32 Å². The maximum Gasteiger partial charge on any atom is 0.325 e. The van der Waals surface area contributed by atoms with Crippen LogP contribution in [0.3, 0.4) is 0 Å². The average Bonchev–Trinajstić information content (AvgIpc) is 2.87. The molecule has 7 heteroatoms. The predicted molar refractivity (Wildman–Crippen MR) is 98.2 cm³/mol. The van der Waals surface area contributed by atoms with E-state index in [0.29, 0.717) is 12.0 Å². The first-order valence-electron chi connectivity index (χ1n) is 9.51. The van der Waals surface area contributed by atoms with Crippen molar-refractivity contribution < 1.29 is 18.8 Å². The molecule has 4 amide bonds. The van der Waals surface area contributed by atoms with Crippen molar-refractivity contribution in [3.8, 4) is 0 Å². The summed E-state index contributed by atoms with van der Waals surface area (Å²) >= 11 is 0. The van der Waals surface area contributed by atoms with E-state index in [9.17, 15) is 18.8 Å². The fourth-order valence-corrected chi connectivity index (χ4v) is 4.27. The largest absolute Gasteiger partial charge is 0.336 e. The van der Waals surface area contributed by atoms with Crippen LogP contribution in [0.2, 0.25) is 0 Å². The highest BCUT2D eigenvalue weighted by molar-refractivity contribution is 6.09. The molecule has 1 aromatic rings. The Hall–Kier alpha value is -2.44. The molecule has 0 saturated carbocycles. The van der Waals surface area contributed by atoms with Crippen molar-refractivity contribution in [2.45, 2.75) is 64.1 Å². The summed E-state index contributed by atoms with van der Waals surface area (Å²) in [4.78, 5) is 41.3. The zero-order valence-corrected chi connectivity index (χ0v) is 16.0. The summed E-state index contributed by atoms with van der Waals surface area (Å²) in [5, 5.41) is 2.73. The number of rotatable bonds is 4. The van der Waals surface area contributed by atoms with Crippen molar-refractivity contribution in [1.82, 2.24) is 15.1 Å². The van der Waals surface area contributed by atoms with Gasteiger partial charge in [0, 0.05) is 12.1 Å². The van der Waals surface area contributed by atoms with Crippen molar-refractivity contribution in [3.05, 3.63) is 35.6 Å². The average molecular weight is 375 g/mol. The van der Waals surface area contributed by atoms with E-state index in [-0.39, 0.29) is 24.5 Å². The van der Waals surface area contributed by atoms with Crippen LogP contribution in [0.1, 0.15) is 52.0 Å². The van der Waals surface area contributed by atoms with Crippen LogP contribution in [-0.4, -0.2) is 46.3 Å². The third-order valence-electron chi connectivity index (χ3n) is 5.82. The standard InChI is InChI=1S/C20H26FN3O3/c1-4-20(15-8-10-16(21)11-9-15)18(26)23(19(27)22-20)12-17(25)24-13(2)6-5-7-14(24)3/h8-11,13-14H,4-7,12H2,1-3H3,(H,22,27). The van der Waals surface area contributed by atoms with Crippen LogP contribution in [0.25, 0.3) is 0 Å². The number of benzene rings is 1. The third-order valence-corrected chi connectivity index (χ3v) is 5.82. The molecule has 0 aromatic heterocycles. The van der Waals surface area contributed by atoms with Crippen molar-refractivity contribution >= 4 is 17.8 Å². The van der Waals surface area contributed by atoms with Gasteiger partial charge in [0.1, 0.15) is 17.9 Å². The van der Waals surface area contributed by atoms with Gasteiger partial charge in [-0.1, -0.05) is 19.1 Å². The molecule has 2 saturated heterocycles. The quantitative estimate of drug-likeness (QED) is 0.823. The second-order valence-electron chi connectivity index (χ2n) is 7.52. The van der Waals surface area contributed by atoms with Gasteiger partial charge in [-0.3, -0.25) is 14.5 Å². The van der Waals surface area contributed by atoms with Crippen LogP contribution in [0, 0.1) is 5.82 Å². The topological polar surface area (TPSA) is 69.7 Å². The summed E-state index contributed by atoms with van der Waals surface area (Å²) in [6.45, 7) is 5.49. The number of carbonyl (C=O) groups is 3. The number of piperidine rings is 1. The number of halogens is 1. The summed E-state index contributed by atoms with van der Waals surface area (Å²) in [6, 6.07) is 5.12. The predicted octanol–water partition coefficient (Wildman–Crippen LogP) is 2.77. The molecule has 3 atom stereocenters. The zero-order valence-electron chi connectivity index (χ0n) is 16.0. The molecule has 2 fully saturated rings. The number of amides is 4. The molecule has 0 aliphatic carbocycles. The minimum Gasteiger partial charge on any atom is -0.336 e. The molecule has 1 N–H and O–H groups in total. The summed E-state index contributed by atoms with van der Waals surface area (Å²) in [6.07, 6.45) is 3.22. The summed E-state index contributed by atoms with van der Waals surface area (Å²) < 4.78 is 13.3. The van der Waals surface area contributed by atoms with Gasteiger partial charge in [0.25, 0.3) is 5.91 Å². The van der Waals surface area contributed by atoms with Gasteiger partial charge in [-0.25, -0.2) is 9.18 Å². The van der Waals surface area contributed by atoms with Gasteiger partial charge in [0.15, 0.2) is 0 Å². The normalized spacial score (nSPS) is 28.4. The molecule has 1 aromatic carbocycles. The van der Waals surface area contributed by atoms with E-state index in [4.69, 9.17) is 0 Å². The van der Waals surface area contributed by atoms with E-state index >= 15 is 0 Å². The maximum atomic E-state index is 13.3. The number of nitrogens with zero attached hydrogens (tertiary/aromatic N) is 2. The number of hydrogen-bond donors (Lipinski definition) is 1. The van der Waals surface area contributed by atoms with Gasteiger partial charge in [0.2, 0.25) is 5.91 Å². The van der Waals surface area contributed by atoms with Crippen LogP contribution in [-0.2, 0) is 15.1 Å². The molecule has 3 unspecified atom stereocenters. The highest BCUT2D eigenvalue weighted by Crippen LogP contribution is 2.33. The van der Waals surface area contributed by atoms with Crippen LogP contribution < -0.4 is 5.32 Å². The number of imide groups is 1. The Morgan fingerprint density at radius 2 is 1.78 bits per heavy atom. The van der Waals surface area contributed by atoms with E-state index in [1.165, 1.54) is 24.3 Å². The number of carbonyl (C=O) groups excluding carboxylic acids is 3. The maximum absolute atomic E-state index is 13.3. The molecule has 146 valence electrons. The lowest BCUT2D eigenvalue weighted by atomic mass is 9.87. The SMILES string of the molecule is CCC1(c2ccc(F)cc2)NC(=O)N(CC(=O)N2C(C)CCCC2C)C1=O. The summed E-state index contributed by atoms with van der Waals surface area (Å²) in [5.74, 6) is -1.10. The van der Waals surface area contributed by atoms with Gasteiger partial charge in [-0.15, -0.1) is 0 Å². The number of hydrogen-bond acceptors (Lipinski definition) is 3. The Bertz CT molecular complexity index is 741. The molecule has 2 aliphatic rings. The molecule has 0 radical (unpaired) electrons. The van der Waals surface area contributed by atoms with Crippen LogP contribution >= 0.6 is 0 Å². The Morgan fingerprint density at radius 1 is 1.19 bits per heavy atom. The van der Waals surface area contributed by atoms with Crippen molar-refractivity contribution in [3.63, 3.8) is 0 Å². The molecule has 3 rings (SSSR count). The second-order valence-corrected chi connectivity index (χ2v) is 7.52. The van der Waals surface area contributed by atoms with Gasteiger partial charge in [0.05, 0.1) is 0 Å². The van der Waals surface area contributed by atoms with Gasteiger partial charge in [-0.2, -0.15) is 0 Å². The van der Waals surface area contributed by atoms with E-state index in [1.807, 2.05) is 13.8 Å². The molecule has 6 nitrogen and oxygen atoms in total.